The molecule has 8 nitrogen and oxygen atoms in total. The largest absolute Gasteiger partial charge is 0.497 e. The van der Waals surface area contributed by atoms with Crippen molar-refractivity contribution in [3.05, 3.63) is 71.2 Å². The quantitative estimate of drug-likeness (QED) is 0.524. The average Bonchev–Trinajstić information content (AvgIpc) is 2.90. The highest BCUT2D eigenvalue weighted by atomic mass is 19.1. The van der Waals surface area contributed by atoms with Gasteiger partial charge in [0.2, 0.25) is 17.7 Å². The van der Waals surface area contributed by atoms with E-state index in [0.29, 0.717) is 43.5 Å². The summed E-state index contributed by atoms with van der Waals surface area (Å²) in [5, 5.41) is 0. The molecule has 9 heteroatoms. The summed E-state index contributed by atoms with van der Waals surface area (Å²) < 4.78 is 24.8. The first-order valence-corrected chi connectivity index (χ1v) is 12.2. The molecule has 1 aromatic heterocycles. The normalized spacial score (nSPS) is 16.0. The number of aromatic nitrogens is 2. The smallest absolute Gasteiger partial charge is 0.229 e. The fraction of sp³-hybridized carbons (Fsp3) is 0.370. The predicted molar refractivity (Wildman–Crippen MR) is 134 cm³/mol. The van der Waals surface area contributed by atoms with E-state index in [1.165, 1.54) is 12.1 Å². The lowest BCUT2D eigenvalue weighted by Crippen LogP contribution is -2.45. The first kappa shape index (κ1) is 24.0. The van der Waals surface area contributed by atoms with Gasteiger partial charge in [0, 0.05) is 39.1 Å². The number of amides is 1. The number of nitrogens with zero attached hydrogens (tertiary/aromatic N) is 5. The van der Waals surface area contributed by atoms with Gasteiger partial charge < -0.3 is 24.2 Å². The number of piperazine rings is 1. The molecule has 1 saturated heterocycles. The van der Waals surface area contributed by atoms with Gasteiger partial charge in [0.15, 0.2) is 0 Å². The van der Waals surface area contributed by atoms with Gasteiger partial charge >= 0.3 is 0 Å². The number of benzene rings is 2. The minimum atomic E-state index is -0.333. The van der Waals surface area contributed by atoms with E-state index in [0.717, 1.165) is 48.7 Å². The number of likely N-dealkylation sites (N-methyl/N-ethyl adjacent to an activating group) is 1. The Morgan fingerprint density at radius 3 is 2.33 bits per heavy atom. The maximum Gasteiger partial charge on any atom is 0.229 e. The summed E-state index contributed by atoms with van der Waals surface area (Å²) in [5.41, 5.74) is 2.62. The Hall–Kier alpha value is -3.72. The van der Waals surface area contributed by atoms with Gasteiger partial charge in [-0.15, -0.1) is 0 Å². The first-order valence-electron chi connectivity index (χ1n) is 12.2. The van der Waals surface area contributed by atoms with Crippen molar-refractivity contribution in [2.24, 2.45) is 0 Å². The van der Waals surface area contributed by atoms with Gasteiger partial charge in [-0.3, -0.25) is 4.79 Å². The maximum atomic E-state index is 13.5. The molecule has 0 spiro atoms. The van der Waals surface area contributed by atoms with Gasteiger partial charge in [-0.25, -0.2) is 9.37 Å². The zero-order chi connectivity index (χ0) is 25.1. The number of carbonyl (C=O) groups is 1. The summed E-state index contributed by atoms with van der Waals surface area (Å²) in [6.07, 6.45) is 0.917. The average molecular weight is 492 g/mol. The fourth-order valence-corrected chi connectivity index (χ4v) is 4.46. The zero-order valence-electron chi connectivity index (χ0n) is 20.6. The Morgan fingerprint density at radius 1 is 0.944 bits per heavy atom. The number of halogens is 1. The van der Waals surface area contributed by atoms with Crippen molar-refractivity contribution in [2.75, 3.05) is 51.8 Å². The molecule has 0 bridgehead atoms. The minimum Gasteiger partial charge on any atom is -0.497 e. The third-order valence-corrected chi connectivity index (χ3v) is 6.69. The first-order chi connectivity index (χ1) is 17.5. The summed E-state index contributed by atoms with van der Waals surface area (Å²) in [4.78, 5) is 29.1. The minimum absolute atomic E-state index is 0.0293. The van der Waals surface area contributed by atoms with Gasteiger partial charge in [0.05, 0.1) is 31.3 Å². The third kappa shape index (κ3) is 5.41. The van der Waals surface area contributed by atoms with Crippen molar-refractivity contribution in [3.8, 4) is 17.4 Å². The van der Waals surface area contributed by atoms with E-state index in [9.17, 15) is 9.18 Å². The number of rotatable bonds is 6. The third-order valence-electron chi connectivity index (χ3n) is 6.69. The molecule has 0 atom stereocenters. The number of anilines is 1. The van der Waals surface area contributed by atoms with E-state index in [4.69, 9.17) is 19.4 Å². The van der Waals surface area contributed by atoms with E-state index in [1.54, 1.807) is 19.2 Å². The lowest BCUT2D eigenvalue weighted by atomic mass is 10.0. The van der Waals surface area contributed by atoms with Crippen LogP contribution in [0, 0.1) is 5.82 Å². The van der Waals surface area contributed by atoms with E-state index in [2.05, 4.69) is 16.8 Å². The topological polar surface area (TPSA) is 71.0 Å². The molecule has 0 saturated carbocycles. The highest BCUT2D eigenvalue weighted by Crippen LogP contribution is 2.32. The van der Waals surface area contributed by atoms with Crippen LogP contribution in [-0.4, -0.2) is 72.6 Å². The Labute approximate surface area is 210 Å². The SMILES string of the molecule is COc1ccc(CC(=O)N2CCc3nc(N4CCN(C)CC4)nc(Oc4ccc(F)cc4)c3C2)cc1. The lowest BCUT2D eigenvalue weighted by molar-refractivity contribution is -0.131. The second kappa shape index (κ2) is 10.5. The van der Waals surface area contributed by atoms with Crippen molar-refractivity contribution >= 4 is 11.9 Å². The van der Waals surface area contributed by atoms with Crippen LogP contribution in [0.4, 0.5) is 10.3 Å². The van der Waals surface area contributed by atoms with E-state index >= 15 is 0 Å². The van der Waals surface area contributed by atoms with Crippen LogP contribution in [0.5, 0.6) is 17.4 Å². The van der Waals surface area contributed by atoms with Gasteiger partial charge in [0.1, 0.15) is 17.3 Å². The molecule has 0 radical (unpaired) electrons. The van der Waals surface area contributed by atoms with Gasteiger partial charge in [-0.2, -0.15) is 4.98 Å². The van der Waals surface area contributed by atoms with Crippen LogP contribution in [0.1, 0.15) is 16.8 Å². The molecule has 2 aromatic carbocycles. The van der Waals surface area contributed by atoms with Crippen molar-refractivity contribution in [3.63, 3.8) is 0 Å². The molecule has 1 fully saturated rings. The lowest BCUT2D eigenvalue weighted by Gasteiger charge is -2.34. The molecule has 2 aliphatic rings. The molecular weight excluding hydrogens is 461 g/mol. The number of hydrogen-bond acceptors (Lipinski definition) is 7. The monoisotopic (exact) mass is 491 g/mol. The number of carbonyl (C=O) groups excluding carboxylic acids is 1. The van der Waals surface area contributed by atoms with E-state index in [1.807, 2.05) is 29.2 Å². The van der Waals surface area contributed by atoms with Crippen LogP contribution < -0.4 is 14.4 Å². The van der Waals surface area contributed by atoms with Crippen LogP contribution in [0.2, 0.25) is 0 Å². The second-order valence-corrected chi connectivity index (χ2v) is 9.19. The Bertz CT molecular complexity index is 1210. The molecule has 5 rings (SSSR count). The maximum absolute atomic E-state index is 13.5. The number of ether oxygens (including phenoxy) is 2. The summed E-state index contributed by atoms with van der Waals surface area (Å²) in [6.45, 7) is 4.47. The Kier molecular flexibility index (Phi) is 6.99. The van der Waals surface area contributed by atoms with Crippen LogP contribution in [0.3, 0.4) is 0 Å². The second-order valence-electron chi connectivity index (χ2n) is 9.19. The van der Waals surface area contributed by atoms with Crippen molar-refractivity contribution in [2.45, 2.75) is 19.4 Å². The molecule has 0 unspecified atom stereocenters. The molecule has 188 valence electrons. The molecule has 2 aliphatic heterocycles. The molecule has 36 heavy (non-hydrogen) atoms. The van der Waals surface area contributed by atoms with E-state index in [-0.39, 0.29) is 11.7 Å². The fourth-order valence-electron chi connectivity index (χ4n) is 4.46. The van der Waals surface area contributed by atoms with Crippen LogP contribution in [0.25, 0.3) is 0 Å². The summed E-state index contributed by atoms with van der Waals surface area (Å²) in [5.74, 6) is 2.00. The number of methoxy groups -OCH3 is 1. The molecule has 1 amide bonds. The zero-order valence-corrected chi connectivity index (χ0v) is 20.6. The molecule has 0 N–H and O–H groups in total. The van der Waals surface area contributed by atoms with E-state index < -0.39 is 0 Å². The number of hydrogen-bond donors (Lipinski definition) is 0. The molecule has 3 heterocycles. The van der Waals surface area contributed by atoms with Crippen molar-refractivity contribution in [1.29, 1.82) is 0 Å². The standard InChI is InChI=1S/C27H30FN5O3/c1-31-13-15-32(16-14-31)27-29-24-11-12-33(25(34)17-19-3-7-21(35-2)8-4-19)18-23(24)26(30-27)36-22-9-5-20(28)6-10-22/h3-10H,11-18H2,1-2H3. The Morgan fingerprint density at radius 2 is 1.64 bits per heavy atom. The van der Waals surface area contributed by atoms with Gasteiger partial charge in [-0.05, 0) is 49.0 Å². The summed E-state index contributed by atoms with van der Waals surface area (Å²) >= 11 is 0. The summed E-state index contributed by atoms with van der Waals surface area (Å²) in [7, 11) is 3.72. The predicted octanol–water partition coefficient (Wildman–Crippen LogP) is 3.30. The van der Waals surface area contributed by atoms with Gasteiger partial charge in [-0.1, -0.05) is 12.1 Å². The highest BCUT2D eigenvalue weighted by Gasteiger charge is 2.28. The number of fused-ring (bicyclic) bond motifs is 1. The molecular formula is C27H30FN5O3. The Balaban J connectivity index is 1.39. The summed E-state index contributed by atoms with van der Waals surface area (Å²) in [6, 6.07) is 13.4. The van der Waals surface area contributed by atoms with Crippen molar-refractivity contribution < 1.29 is 18.7 Å². The van der Waals surface area contributed by atoms with Gasteiger partial charge in [0.25, 0.3) is 0 Å². The van der Waals surface area contributed by atoms with Crippen molar-refractivity contribution in [1.82, 2.24) is 19.8 Å². The molecule has 3 aromatic rings. The van der Waals surface area contributed by atoms with Crippen LogP contribution in [-0.2, 0) is 24.2 Å². The molecule has 0 aliphatic carbocycles. The highest BCUT2D eigenvalue weighted by molar-refractivity contribution is 5.79. The van der Waals surface area contributed by atoms with Crippen LogP contribution in [0.15, 0.2) is 48.5 Å². The van der Waals surface area contributed by atoms with Crippen LogP contribution >= 0.6 is 0 Å².